The zero-order valence-electron chi connectivity index (χ0n) is 23.3. The molecule has 0 spiro atoms. The van der Waals surface area contributed by atoms with Crippen molar-refractivity contribution in [3.63, 3.8) is 0 Å². The molecular formula is C29H36ClN7O3. The standard InChI is InChI=1S/C29H36ClN7O3/c1-15(2)24-10-21(38)14-36(24)28-33-22-11-23(27-34-29(39)40-35-27)32-25(19-9-20(30)13-31-12-19)26(22)37(28)17(4)18-7-5-16(3)6-8-18/h9,11-13,15-18,21,24,38H,5-8,10,14H2,1-4H3,(H,34,35,39)/t16-,17?,18-,21-,24-/m1/s1. The van der Waals surface area contributed by atoms with Crippen LogP contribution >= 0.6 is 11.6 Å². The summed E-state index contributed by atoms with van der Waals surface area (Å²) >= 11 is 6.40. The Morgan fingerprint density at radius 3 is 2.58 bits per heavy atom. The molecule has 10 nitrogen and oxygen atoms in total. The van der Waals surface area contributed by atoms with E-state index in [1.807, 2.05) is 12.1 Å². The highest BCUT2D eigenvalue weighted by molar-refractivity contribution is 6.30. The Balaban J connectivity index is 1.62. The number of rotatable bonds is 6. The maximum absolute atomic E-state index is 11.8. The minimum absolute atomic E-state index is 0.142. The highest BCUT2D eigenvalue weighted by Crippen LogP contribution is 2.43. The molecule has 4 aromatic heterocycles. The van der Waals surface area contributed by atoms with Crippen LogP contribution in [0.25, 0.3) is 33.8 Å². The molecule has 11 heteroatoms. The maximum atomic E-state index is 11.8. The van der Waals surface area contributed by atoms with Crippen LogP contribution in [0.15, 0.2) is 33.8 Å². The number of fused-ring (bicyclic) bond motifs is 1. The number of aromatic amines is 1. The number of halogens is 1. The van der Waals surface area contributed by atoms with Crippen LogP contribution in [0.1, 0.15) is 65.8 Å². The largest absolute Gasteiger partial charge is 0.439 e. The first-order valence-electron chi connectivity index (χ1n) is 14.2. The molecular weight excluding hydrogens is 530 g/mol. The molecule has 2 fully saturated rings. The molecule has 1 aliphatic carbocycles. The topological polar surface area (TPSA) is 126 Å². The van der Waals surface area contributed by atoms with Crippen molar-refractivity contribution in [1.29, 1.82) is 0 Å². The summed E-state index contributed by atoms with van der Waals surface area (Å²) in [4.78, 5) is 31.2. The molecule has 1 aliphatic heterocycles. The van der Waals surface area contributed by atoms with Gasteiger partial charge in [0.2, 0.25) is 11.8 Å². The van der Waals surface area contributed by atoms with E-state index in [9.17, 15) is 9.90 Å². The summed E-state index contributed by atoms with van der Waals surface area (Å²) < 4.78 is 7.12. The minimum Gasteiger partial charge on any atom is -0.391 e. The van der Waals surface area contributed by atoms with Gasteiger partial charge < -0.3 is 14.6 Å². The Morgan fingerprint density at radius 1 is 1.12 bits per heavy atom. The molecule has 3 atom stereocenters. The highest BCUT2D eigenvalue weighted by Gasteiger charge is 2.38. The van der Waals surface area contributed by atoms with E-state index in [1.54, 1.807) is 12.4 Å². The molecule has 5 heterocycles. The van der Waals surface area contributed by atoms with Gasteiger partial charge in [-0.15, -0.1) is 0 Å². The Bertz CT molecular complexity index is 1570. The van der Waals surface area contributed by atoms with Gasteiger partial charge in [-0.1, -0.05) is 50.4 Å². The molecule has 0 bridgehead atoms. The predicted molar refractivity (Wildman–Crippen MR) is 154 cm³/mol. The third-order valence-electron chi connectivity index (χ3n) is 8.81. The van der Waals surface area contributed by atoms with Crippen LogP contribution < -0.4 is 10.7 Å². The van der Waals surface area contributed by atoms with Crippen molar-refractivity contribution >= 4 is 28.6 Å². The van der Waals surface area contributed by atoms with E-state index in [4.69, 9.17) is 26.1 Å². The van der Waals surface area contributed by atoms with E-state index in [0.717, 1.165) is 41.3 Å². The number of β-amino-alcohol motifs (C(OH)–C–C–N with tert-alkyl or cyclic N) is 1. The quantitative estimate of drug-likeness (QED) is 0.315. The summed E-state index contributed by atoms with van der Waals surface area (Å²) in [5.41, 5.74) is 3.43. The number of aromatic nitrogens is 6. The lowest BCUT2D eigenvalue weighted by Gasteiger charge is -2.35. The number of hydrogen-bond acceptors (Lipinski definition) is 8. The lowest BCUT2D eigenvalue weighted by molar-refractivity contribution is 0.191. The molecule has 0 aromatic carbocycles. The van der Waals surface area contributed by atoms with Gasteiger partial charge in [-0.2, -0.15) is 0 Å². The number of aliphatic hydroxyl groups is 1. The molecule has 2 aliphatic rings. The fraction of sp³-hybridized carbons (Fsp3) is 0.552. The average molecular weight is 566 g/mol. The molecule has 212 valence electrons. The smallest absolute Gasteiger partial charge is 0.391 e. The van der Waals surface area contributed by atoms with Gasteiger partial charge >= 0.3 is 5.76 Å². The molecule has 40 heavy (non-hydrogen) atoms. The van der Waals surface area contributed by atoms with Crippen molar-refractivity contribution < 1.29 is 9.63 Å². The van der Waals surface area contributed by atoms with Crippen LogP contribution in [0.3, 0.4) is 0 Å². The lowest BCUT2D eigenvalue weighted by Crippen LogP contribution is -2.36. The van der Waals surface area contributed by atoms with Crippen molar-refractivity contribution in [2.24, 2.45) is 17.8 Å². The van der Waals surface area contributed by atoms with Gasteiger partial charge in [0.05, 0.1) is 27.9 Å². The first kappa shape index (κ1) is 27.0. The van der Waals surface area contributed by atoms with Crippen LogP contribution in [0, 0.1) is 17.8 Å². The van der Waals surface area contributed by atoms with Gasteiger partial charge in [0.15, 0.2) is 0 Å². The Labute approximate surface area is 237 Å². The van der Waals surface area contributed by atoms with Crippen LogP contribution in [0.4, 0.5) is 5.95 Å². The molecule has 1 saturated heterocycles. The van der Waals surface area contributed by atoms with E-state index in [0.29, 0.717) is 41.2 Å². The van der Waals surface area contributed by atoms with Gasteiger partial charge in [0.1, 0.15) is 5.69 Å². The average Bonchev–Trinajstić information content (AvgIpc) is 3.64. The van der Waals surface area contributed by atoms with Crippen molar-refractivity contribution in [3.8, 4) is 22.8 Å². The summed E-state index contributed by atoms with van der Waals surface area (Å²) in [6.07, 6.45) is 8.33. The second-order valence-electron chi connectivity index (χ2n) is 12.0. The highest BCUT2D eigenvalue weighted by atomic mass is 35.5. The molecule has 2 N–H and O–H groups in total. The first-order chi connectivity index (χ1) is 19.2. The van der Waals surface area contributed by atoms with Gasteiger partial charge in [0, 0.05) is 36.6 Å². The van der Waals surface area contributed by atoms with E-state index >= 15 is 0 Å². The van der Waals surface area contributed by atoms with Crippen molar-refractivity contribution in [1.82, 2.24) is 29.7 Å². The lowest BCUT2D eigenvalue weighted by atomic mass is 9.79. The van der Waals surface area contributed by atoms with Crippen LogP contribution in [0.2, 0.25) is 5.02 Å². The fourth-order valence-electron chi connectivity index (χ4n) is 6.59. The normalized spacial score (nSPS) is 24.3. The number of imidazole rings is 1. The van der Waals surface area contributed by atoms with Crippen LogP contribution in [0.5, 0.6) is 0 Å². The molecule has 6 rings (SSSR count). The molecule has 0 amide bonds. The fourth-order valence-corrected chi connectivity index (χ4v) is 6.76. The Hall–Kier alpha value is -3.24. The van der Waals surface area contributed by atoms with Gasteiger partial charge in [0.25, 0.3) is 0 Å². The summed E-state index contributed by atoms with van der Waals surface area (Å²) in [5.74, 6) is 1.96. The predicted octanol–water partition coefficient (Wildman–Crippen LogP) is 5.47. The molecule has 4 aromatic rings. The minimum atomic E-state index is -0.653. The number of H-pyrrole nitrogens is 1. The zero-order chi connectivity index (χ0) is 28.1. The number of nitrogens with zero attached hydrogens (tertiary/aromatic N) is 6. The Morgan fingerprint density at radius 2 is 1.90 bits per heavy atom. The second-order valence-corrected chi connectivity index (χ2v) is 12.4. The molecule has 1 unspecified atom stereocenters. The van der Waals surface area contributed by atoms with Crippen molar-refractivity contribution in [3.05, 3.63) is 40.1 Å². The van der Waals surface area contributed by atoms with E-state index < -0.39 is 11.9 Å². The SMILES string of the molecule is CC(C)[C@H]1C[C@@H](O)CN1c1nc2cc(-c3noc(=O)[nH]3)nc(-c3cncc(Cl)c3)c2n1C(C)[C@H]1CC[C@H](C)CC1. The summed E-state index contributed by atoms with van der Waals surface area (Å²) in [6, 6.07) is 3.98. The zero-order valence-corrected chi connectivity index (χ0v) is 24.1. The van der Waals surface area contributed by atoms with Crippen LogP contribution in [-0.2, 0) is 0 Å². The van der Waals surface area contributed by atoms with E-state index in [1.165, 1.54) is 12.8 Å². The van der Waals surface area contributed by atoms with E-state index in [-0.39, 0.29) is 17.9 Å². The van der Waals surface area contributed by atoms with Gasteiger partial charge in [-0.05, 0) is 56.1 Å². The summed E-state index contributed by atoms with van der Waals surface area (Å²) in [5, 5.41) is 15.1. The maximum Gasteiger partial charge on any atom is 0.439 e. The molecule has 1 saturated carbocycles. The van der Waals surface area contributed by atoms with Gasteiger partial charge in [-0.3, -0.25) is 14.5 Å². The number of pyridine rings is 2. The van der Waals surface area contributed by atoms with E-state index in [2.05, 4.69) is 52.3 Å². The number of aliphatic hydroxyl groups excluding tert-OH is 1. The van der Waals surface area contributed by atoms with Crippen molar-refractivity contribution in [2.75, 3.05) is 11.4 Å². The monoisotopic (exact) mass is 565 g/mol. The number of anilines is 1. The second kappa shape index (κ2) is 10.6. The van der Waals surface area contributed by atoms with Crippen molar-refractivity contribution in [2.45, 2.75) is 78.0 Å². The summed E-state index contributed by atoms with van der Waals surface area (Å²) in [6.45, 7) is 9.52. The number of nitrogens with one attached hydrogen (secondary N) is 1. The van der Waals surface area contributed by atoms with Gasteiger partial charge in [-0.25, -0.2) is 14.8 Å². The Kier molecular flexibility index (Phi) is 7.16. The third-order valence-corrected chi connectivity index (χ3v) is 9.02. The van der Waals surface area contributed by atoms with Crippen LogP contribution in [-0.4, -0.2) is 53.5 Å². The molecule has 0 radical (unpaired) electrons. The summed E-state index contributed by atoms with van der Waals surface area (Å²) in [7, 11) is 0. The number of hydrogen-bond donors (Lipinski definition) is 2. The first-order valence-corrected chi connectivity index (χ1v) is 14.6. The third kappa shape index (κ3) is 4.92.